The molecule has 8 heteroatoms. The number of hydrogen-bond donors (Lipinski definition) is 1. The molecule has 1 aliphatic heterocycles. The molecule has 0 saturated carbocycles. The standard InChI is InChI=1S/C27H17F5N2O/c1-26(2)24-23(33-25(34-24)22-19(28)8-5-9-20(22)29)17-13-11-15(14-21(17)35-26)10-12-16-6-3-4-7-18(16)27(30,31)32/h3-9,11,13-14H,1-2H3,(H,33,34). The lowest BCUT2D eigenvalue weighted by molar-refractivity contribution is -0.137. The fourth-order valence-electron chi connectivity index (χ4n) is 4.03. The van der Waals surface area contributed by atoms with Gasteiger partial charge in [0.25, 0.3) is 0 Å². The smallest absolute Gasteiger partial charge is 0.417 e. The quantitative estimate of drug-likeness (QED) is 0.234. The Morgan fingerprint density at radius 1 is 0.914 bits per heavy atom. The van der Waals surface area contributed by atoms with Crippen molar-refractivity contribution in [2.24, 2.45) is 0 Å². The Morgan fingerprint density at radius 3 is 2.34 bits per heavy atom. The minimum absolute atomic E-state index is 0.0303. The van der Waals surface area contributed by atoms with Gasteiger partial charge in [-0.05, 0) is 56.3 Å². The van der Waals surface area contributed by atoms with Crippen LogP contribution in [0, 0.1) is 23.5 Å². The Hall–Kier alpha value is -4.12. The van der Waals surface area contributed by atoms with Gasteiger partial charge in [0.15, 0.2) is 0 Å². The van der Waals surface area contributed by atoms with Crippen LogP contribution in [-0.2, 0) is 11.8 Å². The second-order valence-corrected chi connectivity index (χ2v) is 8.52. The van der Waals surface area contributed by atoms with E-state index in [-0.39, 0.29) is 17.0 Å². The second-order valence-electron chi connectivity index (χ2n) is 8.52. The molecule has 35 heavy (non-hydrogen) atoms. The molecule has 0 amide bonds. The molecule has 0 saturated heterocycles. The molecule has 0 spiro atoms. The highest BCUT2D eigenvalue weighted by Gasteiger charge is 2.37. The van der Waals surface area contributed by atoms with Gasteiger partial charge < -0.3 is 9.72 Å². The Balaban J connectivity index is 1.57. The summed E-state index contributed by atoms with van der Waals surface area (Å²) < 4.78 is 74.6. The molecule has 0 unspecified atom stereocenters. The minimum atomic E-state index is -4.51. The van der Waals surface area contributed by atoms with Gasteiger partial charge in [-0.1, -0.05) is 30.0 Å². The predicted molar refractivity (Wildman–Crippen MR) is 120 cm³/mol. The SMILES string of the molecule is CC1(C)Oc2cc(C#Cc3ccccc3C(F)(F)F)ccc2-c2nc(-c3c(F)cccc3F)[nH]c21. The average molecular weight is 480 g/mol. The van der Waals surface area contributed by atoms with Crippen LogP contribution in [-0.4, -0.2) is 9.97 Å². The van der Waals surface area contributed by atoms with E-state index < -0.39 is 29.0 Å². The summed E-state index contributed by atoms with van der Waals surface area (Å²) in [6.45, 7) is 3.54. The summed E-state index contributed by atoms with van der Waals surface area (Å²) in [7, 11) is 0. The number of rotatable bonds is 1. The van der Waals surface area contributed by atoms with Gasteiger partial charge in [0.2, 0.25) is 0 Å². The van der Waals surface area contributed by atoms with E-state index in [1.165, 1.54) is 24.3 Å². The number of benzene rings is 3. The summed E-state index contributed by atoms with van der Waals surface area (Å²) in [5.74, 6) is 4.29. The molecule has 176 valence electrons. The van der Waals surface area contributed by atoms with Crippen LogP contribution in [0.25, 0.3) is 22.6 Å². The maximum atomic E-state index is 14.4. The lowest BCUT2D eigenvalue weighted by Crippen LogP contribution is -2.29. The van der Waals surface area contributed by atoms with Gasteiger partial charge in [-0.15, -0.1) is 0 Å². The first kappa shape index (κ1) is 22.7. The van der Waals surface area contributed by atoms with Gasteiger partial charge >= 0.3 is 6.18 Å². The minimum Gasteiger partial charge on any atom is -0.481 e. The van der Waals surface area contributed by atoms with Gasteiger partial charge in [-0.25, -0.2) is 13.8 Å². The van der Waals surface area contributed by atoms with E-state index in [1.54, 1.807) is 32.0 Å². The van der Waals surface area contributed by atoms with Crippen molar-refractivity contribution in [1.29, 1.82) is 0 Å². The molecule has 0 radical (unpaired) electrons. The summed E-state index contributed by atoms with van der Waals surface area (Å²) in [5.41, 5.74) is -0.122. The number of fused-ring (bicyclic) bond motifs is 3. The normalized spacial score (nSPS) is 13.8. The maximum absolute atomic E-state index is 14.4. The number of aromatic nitrogens is 2. The van der Waals surface area contributed by atoms with E-state index in [2.05, 4.69) is 21.8 Å². The Labute approximate surface area is 197 Å². The molecular weight excluding hydrogens is 463 g/mol. The topological polar surface area (TPSA) is 37.9 Å². The highest BCUT2D eigenvalue weighted by atomic mass is 19.4. The van der Waals surface area contributed by atoms with Crippen LogP contribution in [0.1, 0.15) is 36.2 Å². The van der Waals surface area contributed by atoms with Crippen molar-refractivity contribution in [1.82, 2.24) is 9.97 Å². The average Bonchev–Trinajstić information content (AvgIpc) is 3.23. The van der Waals surface area contributed by atoms with Crippen molar-refractivity contribution >= 4 is 0 Å². The first-order valence-electron chi connectivity index (χ1n) is 10.6. The number of H-pyrrole nitrogens is 1. The predicted octanol–water partition coefficient (Wildman–Crippen LogP) is 7.07. The molecule has 3 aromatic carbocycles. The van der Waals surface area contributed by atoms with Crippen LogP contribution in [0.4, 0.5) is 22.0 Å². The van der Waals surface area contributed by atoms with E-state index in [4.69, 9.17) is 4.74 Å². The van der Waals surface area contributed by atoms with Crippen LogP contribution >= 0.6 is 0 Å². The molecule has 0 fully saturated rings. The lowest BCUT2D eigenvalue weighted by Gasteiger charge is -2.31. The summed E-state index contributed by atoms with van der Waals surface area (Å²) >= 11 is 0. The maximum Gasteiger partial charge on any atom is 0.417 e. The summed E-state index contributed by atoms with van der Waals surface area (Å²) in [6, 6.07) is 13.6. The fourth-order valence-corrected chi connectivity index (χ4v) is 4.03. The Bertz CT molecular complexity index is 1500. The van der Waals surface area contributed by atoms with Gasteiger partial charge in [-0.2, -0.15) is 13.2 Å². The van der Waals surface area contributed by atoms with E-state index >= 15 is 0 Å². The molecule has 1 aromatic heterocycles. The molecular formula is C27H17F5N2O. The molecule has 3 nitrogen and oxygen atoms in total. The molecule has 1 aliphatic rings. The van der Waals surface area contributed by atoms with Gasteiger partial charge in [0.05, 0.1) is 22.5 Å². The first-order valence-corrected chi connectivity index (χ1v) is 10.6. The molecule has 5 rings (SSSR count). The molecule has 4 aromatic rings. The van der Waals surface area contributed by atoms with E-state index in [0.29, 0.717) is 28.3 Å². The van der Waals surface area contributed by atoms with Gasteiger partial charge in [-0.3, -0.25) is 0 Å². The third kappa shape index (κ3) is 4.03. The molecule has 0 atom stereocenters. The first-order chi connectivity index (χ1) is 16.5. The Morgan fingerprint density at radius 2 is 1.63 bits per heavy atom. The van der Waals surface area contributed by atoms with Crippen LogP contribution in [0.3, 0.4) is 0 Å². The van der Waals surface area contributed by atoms with Crippen molar-refractivity contribution in [3.8, 4) is 40.2 Å². The number of imidazole rings is 1. The van der Waals surface area contributed by atoms with E-state index in [9.17, 15) is 22.0 Å². The van der Waals surface area contributed by atoms with Gasteiger partial charge in [0.1, 0.15) is 28.8 Å². The molecule has 2 heterocycles. The van der Waals surface area contributed by atoms with Crippen molar-refractivity contribution in [3.05, 3.63) is 94.7 Å². The number of nitrogens with one attached hydrogen (secondary N) is 1. The lowest BCUT2D eigenvalue weighted by atomic mass is 9.94. The molecule has 0 aliphatic carbocycles. The van der Waals surface area contributed by atoms with Crippen molar-refractivity contribution in [2.45, 2.75) is 25.6 Å². The third-order valence-corrected chi connectivity index (χ3v) is 5.68. The van der Waals surface area contributed by atoms with E-state index in [0.717, 1.165) is 18.2 Å². The number of alkyl halides is 3. The van der Waals surface area contributed by atoms with Crippen LogP contribution in [0.15, 0.2) is 60.7 Å². The largest absolute Gasteiger partial charge is 0.481 e. The van der Waals surface area contributed by atoms with Gasteiger partial charge in [0, 0.05) is 16.7 Å². The zero-order valence-electron chi connectivity index (χ0n) is 18.5. The third-order valence-electron chi connectivity index (χ3n) is 5.68. The zero-order chi connectivity index (χ0) is 25.0. The van der Waals surface area contributed by atoms with Crippen LogP contribution < -0.4 is 4.74 Å². The highest BCUT2D eigenvalue weighted by Crippen LogP contribution is 2.45. The second kappa shape index (κ2) is 7.98. The number of aromatic amines is 1. The van der Waals surface area contributed by atoms with Crippen LogP contribution in [0.2, 0.25) is 0 Å². The van der Waals surface area contributed by atoms with Crippen molar-refractivity contribution in [2.75, 3.05) is 0 Å². The molecule has 0 bridgehead atoms. The summed E-state index contributed by atoms with van der Waals surface area (Å²) in [4.78, 5) is 7.46. The van der Waals surface area contributed by atoms with E-state index in [1.807, 2.05) is 0 Å². The molecule has 1 N–H and O–H groups in total. The zero-order valence-corrected chi connectivity index (χ0v) is 18.5. The fraction of sp³-hybridized carbons (Fsp3) is 0.148. The van der Waals surface area contributed by atoms with Crippen LogP contribution in [0.5, 0.6) is 5.75 Å². The monoisotopic (exact) mass is 480 g/mol. The van der Waals surface area contributed by atoms with Crippen molar-refractivity contribution in [3.63, 3.8) is 0 Å². The number of halogens is 5. The number of nitrogens with zero attached hydrogens (tertiary/aromatic N) is 1. The van der Waals surface area contributed by atoms with Crippen molar-refractivity contribution < 1.29 is 26.7 Å². The summed E-state index contributed by atoms with van der Waals surface area (Å²) in [5, 5.41) is 0. The Kier molecular flexibility index (Phi) is 5.17. The summed E-state index contributed by atoms with van der Waals surface area (Å²) in [6.07, 6.45) is -4.51. The highest BCUT2D eigenvalue weighted by molar-refractivity contribution is 5.76. The number of ether oxygens (including phenoxy) is 1. The number of hydrogen-bond acceptors (Lipinski definition) is 2.